The van der Waals surface area contributed by atoms with E-state index in [1.54, 1.807) is 13.8 Å². The Balaban J connectivity index is 2.92. The lowest BCUT2D eigenvalue weighted by Crippen LogP contribution is -2.48. The summed E-state index contributed by atoms with van der Waals surface area (Å²) in [4.78, 5) is 11.8. The van der Waals surface area contributed by atoms with Gasteiger partial charge >= 0.3 is 0 Å². The second-order valence-electron chi connectivity index (χ2n) is 4.94. The van der Waals surface area contributed by atoms with Crippen molar-refractivity contribution in [2.45, 2.75) is 39.3 Å². The third-order valence-electron chi connectivity index (χ3n) is 2.30. The summed E-state index contributed by atoms with van der Waals surface area (Å²) >= 11 is 0. The molecular weight excluding hydrogens is 259 g/mol. The number of benzene rings is 1. The van der Waals surface area contributed by atoms with Crippen molar-refractivity contribution in [2.24, 2.45) is 0 Å². The fourth-order valence-corrected chi connectivity index (χ4v) is 1.37. The first-order valence-corrected chi connectivity index (χ1v) is 5.78. The minimum absolute atomic E-state index is 0.0999. The summed E-state index contributed by atoms with van der Waals surface area (Å²) in [6.45, 7) is 6.43. The number of amides is 1. The third-order valence-corrected chi connectivity index (χ3v) is 2.30. The van der Waals surface area contributed by atoms with Crippen LogP contribution in [0, 0.1) is 17.5 Å². The zero-order chi connectivity index (χ0) is 14.8. The van der Waals surface area contributed by atoms with Crippen LogP contribution >= 0.6 is 0 Å². The number of ether oxygens (including phenoxy) is 1. The van der Waals surface area contributed by atoms with Gasteiger partial charge in [-0.2, -0.15) is 0 Å². The molecule has 0 aromatic heterocycles. The van der Waals surface area contributed by atoms with Crippen LogP contribution in [-0.4, -0.2) is 17.6 Å². The number of halogens is 3. The highest BCUT2D eigenvalue weighted by Crippen LogP contribution is 2.23. The number of carbonyl (C=O) groups excluding carboxylic acids is 1. The molecule has 1 aromatic carbocycles. The molecule has 0 aliphatic carbocycles. The maximum Gasteiger partial charge on any atom is 0.263 e. The molecular formula is C13H16F3NO2. The van der Waals surface area contributed by atoms with Gasteiger partial charge in [0.2, 0.25) is 0 Å². The molecule has 0 saturated heterocycles. The molecule has 0 saturated carbocycles. The molecule has 0 heterocycles. The predicted octanol–water partition coefficient (Wildman–Crippen LogP) is 2.79. The number of nitrogens with one attached hydrogen (secondary N) is 1. The lowest BCUT2D eigenvalue weighted by atomic mass is 10.1. The van der Waals surface area contributed by atoms with E-state index in [0.29, 0.717) is 12.1 Å². The Bertz CT molecular complexity index is 464. The molecule has 106 valence electrons. The molecule has 0 spiro atoms. The summed E-state index contributed by atoms with van der Waals surface area (Å²) in [5.74, 6) is -4.99. The van der Waals surface area contributed by atoms with E-state index in [1.807, 2.05) is 0 Å². The van der Waals surface area contributed by atoms with Gasteiger partial charge in [-0.25, -0.2) is 13.2 Å². The average molecular weight is 275 g/mol. The van der Waals surface area contributed by atoms with E-state index in [4.69, 9.17) is 4.74 Å². The molecule has 0 atom stereocenters. The Morgan fingerprint density at radius 3 is 2.11 bits per heavy atom. The standard InChI is InChI=1S/C13H16F3NO2/c1-7(2)17-12(18)13(3,4)19-8-5-9(14)11(16)10(15)6-8/h5-7H,1-4H3,(H,17,18). The third kappa shape index (κ3) is 3.87. The first-order valence-electron chi connectivity index (χ1n) is 5.78. The van der Waals surface area contributed by atoms with E-state index >= 15 is 0 Å². The average Bonchev–Trinajstić information content (AvgIpc) is 2.24. The van der Waals surface area contributed by atoms with Gasteiger partial charge in [0, 0.05) is 18.2 Å². The molecule has 1 aromatic rings. The number of hydrogen-bond donors (Lipinski definition) is 1. The summed E-state index contributed by atoms with van der Waals surface area (Å²) in [6, 6.07) is 1.29. The van der Waals surface area contributed by atoms with Gasteiger partial charge < -0.3 is 10.1 Å². The molecule has 19 heavy (non-hydrogen) atoms. The van der Waals surface area contributed by atoms with Crippen LogP contribution in [0.25, 0.3) is 0 Å². The number of hydrogen-bond acceptors (Lipinski definition) is 2. The SMILES string of the molecule is CC(C)NC(=O)C(C)(C)Oc1cc(F)c(F)c(F)c1. The summed E-state index contributed by atoms with van der Waals surface area (Å²) in [5, 5.41) is 2.62. The minimum atomic E-state index is -1.57. The van der Waals surface area contributed by atoms with Crippen LogP contribution in [0.3, 0.4) is 0 Å². The van der Waals surface area contributed by atoms with E-state index in [-0.39, 0.29) is 11.8 Å². The quantitative estimate of drug-likeness (QED) is 0.858. The smallest absolute Gasteiger partial charge is 0.263 e. The van der Waals surface area contributed by atoms with Gasteiger partial charge in [-0.3, -0.25) is 4.79 Å². The van der Waals surface area contributed by atoms with E-state index < -0.39 is 29.0 Å². The fourth-order valence-electron chi connectivity index (χ4n) is 1.37. The van der Waals surface area contributed by atoms with Gasteiger partial charge in [-0.1, -0.05) is 0 Å². The number of rotatable bonds is 4. The molecule has 3 nitrogen and oxygen atoms in total. The van der Waals surface area contributed by atoms with Crippen LogP contribution in [0.5, 0.6) is 5.75 Å². The van der Waals surface area contributed by atoms with Crippen LogP contribution in [0.2, 0.25) is 0 Å². The van der Waals surface area contributed by atoms with Gasteiger partial charge in [0.15, 0.2) is 23.1 Å². The molecule has 1 N–H and O–H groups in total. The summed E-state index contributed by atoms with van der Waals surface area (Å²) in [7, 11) is 0. The highest BCUT2D eigenvalue weighted by atomic mass is 19.2. The van der Waals surface area contributed by atoms with E-state index in [2.05, 4.69) is 5.32 Å². The highest BCUT2D eigenvalue weighted by Gasteiger charge is 2.31. The molecule has 0 bridgehead atoms. The Kier molecular flexibility index (Phi) is 4.44. The lowest BCUT2D eigenvalue weighted by molar-refractivity contribution is -0.134. The molecule has 0 aliphatic rings. The summed E-state index contributed by atoms with van der Waals surface area (Å²) < 4.78 is 44.1. The van der Waals surface area contributed by atoms with Crippen molar-refractivity contribution in [3.05, 3.63) is 29.6 Å². The molecule has 0 fully saturated rings. The molecule has 1 rings (SSSR count). The Hall–Kier alpha value is -1.72. The summed E-state index contributed by atoms with van der Waals surface area (Å²) in [6.07, 6.45) is 0. The van der Waals surface area contributed by atoms with Crippen LogP contribution in [0.4, 0.5) is 13.2 Å². The van der Waals surface area contributed by atoms with Crippen molar-refractivity contribution in [1.29, 1.82) is 0 Å². The van der Waals surface area contributed by atoms with Crippen LogP contribution in [-0.2, 0) is 4.79 Å². The molecule has 6 heteroatoms. The second-order valence-corrected chi connectivity index (χ2v) is 4.94. The van der Waals surface area contributed by atoms with Crippen molar-refractivity contribution >= 4 is 5.91 Å². The minimum Gasteiger partial charge on any atom is -0.478 e. The topological polar surface area (TPSA) is 38.3 Å². The Labute approximate surface area is 109 Å². The van der Waals surface area contributed by atoms with Gasteiger partial charge in [-0.15, -0.1) is 0 Å². The maximum atomic E-state index is 13.0. The van der Waals surface area contributed by atoms with E-state index in [1.165, 1.54) is 13.8 Å². The monoisotopic (exact) mass is 275 g/mol. The van der Waals surface area contributed by atoms with Crippen LogP contribution in [0.1, 0.15) is 27.7 Å². The molecule has 0 unspecified atom stereocenters. The van der Waals surface area contributed by atoms with Crippen molar-refractivity contribution in [3.8, 4) is 5.75 Å². The van der Waals surface area contributed by atoms with Gasteiger partial charge in [0.1, 0.15) is 5.75 Å². The normalized spacial score (nSPS) is 11.6. The van der Waals surface area contributed by atoms with E-state index in [9.17, 15) is 18.0 Å². The van der Waals surface area contributed by atoms with Crippen LogP contribution < -0.4 is 10.1 Å². The van der Waals surface area contributed by atoms with Gasteiger partial charge in [-0.05, 0) is 27.7 Å². The fraction of sp³-hybridized carbons (Fsp3) is 0.462. The predicted molar refractivity (Wildman–Crippen MR) is 64.3 cm³/mol. The van der Waals surface area contributed by atoms with Crippen LogP contribution in [0.15, 0.2) is 12.1 Å². The Morgan fingerprint density at radius 1 is 1.21 bits per heavy atom. The molecule has 1 amide bonds. The first kappa shape index (κ1) is 15.3. The lowest BCUT2D eigenvalue weighted by Gasteiger charge is -2.26. The largest absolute Gasteiger partial charge is 0.478 e. The van der Waals surface area contributed by atoms with Crippen molar-refractivity contribution in [3.63, 3.8) is 0 Å². The van der Waals surface area contributed by atoms with Crippen molar-refractivity contribution in [1.82, 2.24) is 5.32 Å². The zero-order valence-corrected chi connectivity index (χ0v) is 11.2. The Morgan fingerprint density at radius 2 is 1.68 bits per heavy atom. The van der Waals surface area contributed by atoms with Gasteiger partial charge in [0.25, 0.3) is 5.91 Å². The zero-order valence-electron chi connectivity index (χ0n) is 11.2. The highest BCUT2D eigenvalue weighted by molar-refractivity contribution is 5.84. The first-order chi connectivity index (χ1) is 8.63. The van der Waals surface area contributed by atoms with E-state index in [0.717, 1.165) is 0 Å². The van der Waals surface area contributed by atoms with Crippen molar-refractivity contribution < 1.29 is 22.7 Å². The second kappa shape index (κ2) is 5.50. The summed E-state index contributed by atoms with van der Waals surface area (Å²) in [5.41, 5.74) is -1.33. The molecule has 0 radical (unpaired) electrons. The van der Waals surface area contributed by atoms with Crippen molar-refractivity contribution in [2.75, 3.05) is 0 Å². The number of carbonyl (C=O) groups is 1. The van der Waals surface area contributed by atoms with Gasteiger partial charge in [0.05, 0.1) is 0 Å². The molecule has 0 aliphatic heterocycles. The maximum absolute atomic E-state index is 13.0.